The summed E-state index contributed by atoms with van der Waals surface area (Å²) in [4.78, 5) is 13.9. The van der Waals surface area contributed by atoms with Crippen molar-refractivity contribution in [3.8, 4) is 0 Å². The predicted molar refractivity (Wildman–Crippen MR) is 148 cm³/mol. The van der Waals surface area contributed by atoms with Crippen molar-refractivity contribution in [3.63, 3.8) is 0 Å². The van der Waals surface area contributed by atoms with E-state index in [0.29, 0.717) is 0 Å². The first-order valence-corrected chi connectivity index (χ1v) is 16.0. The van der Waals surface area contributed by atoms with Crippen molar-refractivity contribution in [2.45, 2.75) is 3.67 Å². The average Bonchev–Trinajstić information content (AvgIpc) is 2.85. The van der Waals surface area contributed by atoms with Crippen molar-refractivity contribution in [3.05, 3.63) is 127 Å². The maximum absolute atomic E-state index is 13.9. The molecule has 0 aliphatic carbocycles. The number of alkyl halides is 1. The minimum absolute atomic E-state index is 0.167. The van der Waals surface area contributed by atoms with Gasteiger partial charge in [0.25, 0.3) is 0 Å². The van der Waals surface area contributed by atoms with E-state index in [2.05, 4.69) is 117 Å². The average molecular weight is 634 g/mol. The number of halogens is 2. The first kappa shape index (κ1) is 21.7. The molecule has 4 rings (SSSR count). The van der Waals surface area contributed by atoms with Crippen LogP contribution in [0.3, 0.4) is 0 Å². The fourth-order valence-corrected chi connectivity index (χ4v) is 15.4. The van der Waals surface area contributed by atoms with Crippen LogP contribution in [0.5, 0.6) is 0 Å². The molecule has 0 bridgehead atoms. The van der Waals surface area contributed by atoms with Gasteiger partial charge in [-0.3, -0.25) is 0 Å². The van der Waals surface area contributed by atoms with Gasteiger partial charge in [-0.1, -0.05) is 0 Å². The summed E-state index contributed by atoms with van der Waals surface area (Å²) in [6, 6.07) is 41.4. The van der Waals surface area contributed by atoms with Gasteiger partial charge >= 0.3 is 206 Å². The molecule has 1 unspecified atom stereocenters. The van der Waals surface area contributed by atoms with Crippen molar-refractivity contribution in [2.24, 2.45) is 0 Å². The third-order valence-corrected chi connectivity index (χ3v) is 24.3. The quantitative estimate of drug-likeness (QED) is 0.102. The number of hydrogen-bond acceptors (Lipinski definition) is 1. The van der Waals surface area contributed by atoms with E-state index in [1.54, 1.807) is 0 Å². The normalized spacial score (nSPS) is 13.7. The molecule has 150 valence electrons. The number of rotatable bonds is 6. The Hall–Kier alpha value is -1.56. The molecular weight excluding hydrogens is 613 g/mol. The summed E-state index contributed by atoms with van der Waals surface area (Å²) in [5.74, 6) is 0.167. The van der Waals surface area contributed by atoms with E-state index < -0.39 is 4.25 Å². The monoisotopic (exact) mass is 634 g/mol. The van der Waals surface area contributed by atoms with Crippen LogP contribution in [0.2, 0.25) is 0 Å². The molecular formula is C26H21I2OP. The summed E-state index contributed by atoms with van der Waals surface area (Å²) >= 11 is 5.09. The second-order valence-electron chi connectivity index (χ2n) is 7.15. The Bertz CT molecular complexity index is 1030. The SMILES string of the molecule is O=C(c1ccccc1)C(I)P(I)(c1ccccc1)(c1ccccc1)c1ccccc1. The Balaban J connectivity index is 2.10. The summed E-state index contributed by atoms with van der Waals surface area (Å²) in [5, 5.41) is 3.64. The molecule has 4 aromatic carbocycles. The summed E-state index contributed by atoms with van der Waals surface area (Å²) in [5.41, 5.74) is 0.755. The van der Waals surface area contributed by atoms with E-state index in [9.17, 15) is 4.79 Å². The summed E-state index contributed by atoms with van der Waals surface area (Å²) < 4.78 is -3.45. The molecule has 0 aromatic heterocycles. The summed E-state index contributed by atoms with van der Waals surface area (Å²) in [7, 11) is 0. The standard InChI is InChI=1S/C26H21I2OP/c27-26(25(29)21-13-5-1-6-14-21)30(28,22-15-7-2-8-16-22,23-17-9-3-10-18-23)24-19-11-4-12-20-24/h1-20,26H. The van der Waals surface area contributed by atoms with Gasteiger partial charge in [0.15, 0.2) is 0 Å². The van der Waals surface area contributed by atoms with E-state index in [-0.39, 0.29) is 9.45 Å². The predicted octanol–water partition coefficient (Wildman–Crippen LogP) is 6.51. The molecule has 0 aliphatic heterocycles. The Labute approximate surface area is 204 Å². The first-order valence-electron chi connectivity index (χ1n) is 9.70. The molecule has 1 atom stereocenters. The van der Waals surface area contributed by atoms with Gasteiger partial charge in [0.05, 0.1) is 0 Å². The van der Waals surface area contributed by atoms with Crippen molar-refractivity contribution >= 4 is 70.6 Å². The van der Waals surface area contributed by atoms with Crippen molar-refractivity contribution in [1.82, 2.24) is 0 Å². The van der Waals surface area contributed by atoms with Gasteiger partial charge in [-0.15, -0.1) is 0 Å². The number of carbonyl (C=O) groups is 1. The van der Waals surface area contributed by atoms with Crippen molar-refractivity contribution in [1.29, 1.82) is 0 Å². The van der Waals surface area contributed by atoms with Crippen LogP contribution in [-0.4, -0.2) is 9.45 Å². The van der Waals surface area contributed by atoms with Crippen LogP contribution in [0, 0.1) is 0 Å². The third-order valence-electron chi connectivity index (χ3n) is 5.48. The third kappa shape index (κ3) is 3.45. The topological polar surface area (TPSA) is 17.1 Å². The molecule has 0 amide bonds. The van der Waals surface area contributed by atoms with E-state index in [1.807, 2.05) is 48.5 Å². The minimum atomic E-state index is -3.19. The molecule has 4 heteroatoms. The molecule has 0 N–H and O–H groups in total. The van der Waals surface area contributed by atoms with Crippen LogP contribution in [-0.2, 0) is 0 Å². The molecule has 4 aromatic rings. The fraction of sp³-hybridized carbons (Fsp3) is 0.0385. The fourth-order valence-electron chi connectivity index (χ4n) is 3.96. The van der Waals surface area contributed by atoms with Crippen LogP contribution >= 0.6 is 48.9 Å². The molecule has 0 heterocycles. The van der Waals surface area contributed by atoms with Gasteiger partial charge in [-0.25, -0.2) is 0 Å². The zero-order chi connectivity index (χ0) is 21.1. The van der Waals surface area contributed by atoms with Crippen molar-refractivity contribution < 1.29 is 4.79 Å². The Morgan fingerprint density at radius 2 is 0.867 bits per heavy atom. The molecule has 30 heavy (non-hydrogen) atoms. The molecule has 0 fully saturated rings. The number of benzene rings is 4. The Kier molecular flexibility index (Phi) is 6.42. The molecule has 0 radical (unpaired) electrons. The second kappa shape index (κ2) is 8.89. The van der Waals surface area contributed by atoms with Crippen LogP contribution in [0.4, 0.5) is 0 Å². The first-order chi connectivity index (χ1) is 14.6. The van der Waals surface area contributed by atoms with Gasteiger partial charge in [0, 0.05) is 0 Å². The van der Waals surface area contributed by atoms with Crippen LogP contribution in [0.15, 0.2) is 121 Å². The second-order valence-corrected chi connectivity index (χ2v) is 19.6. The number of ketones is 1. The molecule has 0 saturated heterocycles. The van der Waals surface area contributed by atoms with Gasteiger partial charge in [0.1, 0.15) is 0 Å². The Morgan fingerprint density at radius 3 is 1.20 bits per heavy atom. The van der Waals surface area contributed by atoms with Gasteiger partial charge < -0.3 is 0 Å². The summed E-state index contributed by atoms with van der Waals surface area (Å²) in [6.07, 6.45) is 0. The van der Waals surface area contributed by atoms with E-state index in [4.69, 9.17) is 0 Å². The van der Waals surface area contributed by atoms with Crippen LogP contribution < -0.4 is 15.9 Å². The van der Waals surface area contributed by atoms with Crippen molar-refractivity contribution in [2.75, 3.05) is 0 Å². The van der Waals surface area contributed by atoms with Crippen LogP contribution in [0.25, 0.3) is 0 Å². The number of Topliss-reactive ketones (excluding diaryl/α,β-unsaturated/α-hetero) is 1. The van der Waals surface area contributed by atoms with E-state index in [1.165, 1.54) is 15.9 Å². The zero-order valence-electron chi connectivity index (χ0n) is 16.2. The number of hydrogen-bond donors (Lipinski definition) is 0. The molecule has 0 spiro atoms. The molecule has 1 nitrogen and oxygen atoms in total. The Morgan fingerprint density at radius 1 is 0.567 bits per heavy atom. The van der Waals surface area contributed by atoms with Crippen LogP contribution in [0.1, 0.15) is 10.4 Å². The van der Waals surface area contributed by atoms with E-state index >= 15 is 0 Å². The van der Waals surface area contributed by atoms with Gasteiger partial charge in [0.2, 0.25) is 0 Å². The van der Waals surface area contributed by atoms with Gasteiger partial charge in [-0.2, -0.15) is 0 Å². The summed E-state index contributed by atoms with van der Waals surface area (Å²) in [6.45, 7) is 0. The number of carbonyl (C=O) groups excluding carboxylic acids is 1. The maximum atomic E-state index is 13.9. The molecule has 0 aliphatic rings. The zero-order valence-corrected chi connectivity index (χ0v) is 21.4. The molecule has 0 saturated carbocycles. The van der Waals surface area contributed by atoms with Gasteiger partial charge in [-0.05, 0) is 0 Å². The van der Waals surface area contributed by atoms with E-state index in [0.717, 1.165) is 5.56 Å².